The molecule has 0 unspecified atom stereocenters. The Morgan fingerprint density at radius 1 is 1.26 bits per heavy atom. The Bertz CT molecular complexity index is 846. The van der Waals surface area contributed by atoms with Crippen LogP contribution in [0.2, 0.25) is 0 Å². The first-order chi connectivity index (χ1) is 9.10. The maximum atomic E-state index is 4.51. The molecular weight excluding hydrogens is 234 g/mol. The molecule has 0 N–H and O–H groups in total. The number of nitrogens with zero attached hydrogens (tertiary/aromatic N) is 3. The molecule has 3 nitrogen and oxygen atoms in total. The van der Waals surface area contributed by atoms with E-state index in [1.165, 1.54) is 16.3 Å². The van der Waals surface area contributed by atoms with Crippen LogP contribution >= 0.6 is 0 Å². The second-order valence-electron chi connectivity index (χ2n) is 5.59. The summed E-state index contributed by atoms with van der Waals surface area (Å²) in [7, 11) is 0. The molecule has 0 radical (unpaired) electrons. The lowest BCUT2D eigenvalue weighted by molar-refractivity contribution is -0.512. The smallest absolute Gasteiger partial charge is 0.240 e. The van der Waals surface area contributed by atoms with Crippen molar-refractivity contribution in [3.05, 3.63) is 65.8 Å². The second-order valence-corrected chi connectivity index (χ2v) is 5.59. The van der Waals surface area contributed by atoms with Crippen molar-refractivity contribution >= 4 is 16.5 Å². The van der Waals surface area contributed by atoms with Crippen LogP contribution in [-0.4, -0.2) is 5.01 Å². The molecule has 1 aromatic heterocycles. The minimum absolute atomic E-state index is 0.139. The van der Waals surface area contributed by atoms with Crippen LogP contribution in [0.25, 0.3) is 21.9 Å². The second kappa shape index (κ2) is 3.18. The van der Waals surface area contributed by atoms with Crippen LogP contribution in [0.5, 0.6) is 0 Å². The minimum Gasteiger partial charge on any atom is -0.600 e. The minimum atomic E-state index is -0.139. The zero-order valence-corrected chi connectivity index (χ0v) is 11.1. The molecule has 3 heterocycles. The van der Waals surface area contributed by atoms with Crippen LogP contribution in [0, 0.1) is 6.72 Å². The lowest BCUT2D eigenvalue weighted by atomic mass is 9.86. The fourth-order valence-corrected chi connectivity index (χ4v) is 3.19. The summed E-state index contributed by atoms with van der Waals surface area (Å²) in [6.07, 6.45) is 5.94. The van der Waals surface area contributed by atoms with Gasteiger partial charge in [0, 0.05) is 11.6 Å². The van der Waals surface area contributed by atoms with Crippen LogP contribution in [0.4, 0.5) is 0 Å². The Morgan fingerprint density at radius 3 is 2.95 bits per heavy atom. The summed E-state index contributed by atoms with van der Waals surface area (Å²) in [5.74, 6) is 0. The predicted octanol–water partition coefficient (Wildman–Crippen LogP) is 2.24. The van der Waals surface area contributed by atoms with Crippen LogP contribution in [0.3, 0.4) is 0 Å². The molecule has 0 saturated heterocycles. The van der Waals surface area contributed by atoms with Gasteiger partial charge in [-0.25, -0.2) is 0 Å². The third kappa shape index (κ3) is 1.15. The average molecular weight is 249 g/mol. The third-order valence-electron chi connectivity index (χ3n) is 4.13. The fourth-order valence-electron chi connectivity index (χ4n) is 3.19. The number of aromatic nitrogens is 1. The van der Waals surface area contributed by atoms with Gasteiger partial charge in [0.2, 0.25) is 5.35 Å². The summed E-state index contributed by atoms with van der Waals surface area (Å²) in [5.41, 5.74) is 6.80. The van der Waals surface area contributed by atoms with Crippen molar-refractivity contribution in [3.8, 4) is 0 Å². The highest BCUT2D eigenvalue weighted by molar-refractivity contribution is 5.89. The summed E-state index contributed by atoms with van der Waals surface area (Å²) >= 11 is 0. The highest BCUT2D eigenvalue weighted by Crippen LogP contribution is 2.41. The van der Waals surface area contributed by atoms with Crippen molar-refractivity contribution in [1.29, 1.82) is 0 Å². The van der Waals surface area contributed by atoms with E-state index in [-0.39, 0.29) is 5.54 Å². The summed E-state index contributed by atoms with van der Waals surface area (Å²) in [6, 6.07) is 8.59. The topological polar surface area (TPSA) is 23.2 Å². The lowest BCUT2D eigenvalue weighted by Crippen LogP contribution is -2.48. The molecule has 1 aromatic carbocycles. The Labute approximate surface area is 111 Å². The van der Waals surface area contributed by atoms with Crippen LogP contribution in [0.1, 0.15) is 19.4 Å². The van der Waals surface area contributed by atoms with E-state index in [0.29, 0.717) is 0 Å². The quantitative estimate of drug-likeness (QED) is 0.657. The van der Waals surface area contributed by atoms with Crippen LogP contribution in [-0.2, 0) is 5.54 Å². The van der Waals surface area contributed by atoms with Gasteiger partial charge >= 0.3 is 0 Å². The number of fused-ring (bicyclic) bond motifs is 1. The van der Waals surface area contributed by atoms with E-state index in [1.54, 1.807) is 0 Å². The zero-order valence-electron chi connectivity index (χ0n) is 11.1. The van der Waals surface area contributed by atoms with Gasteiger partial charge < -0.3 is 10.4 Å². The molecule has 0 fully saturated rings. The summed E-state index contributed by atoms with van der Waals surface area (Å²) in [4.78, 5) is 0. The fraction of sp³-hybridized carbons (Fsp3) is 0.188. The largest absolute Gasteiger partial charge is 0.600 e. The van der Waals surface area contributed by atoms with Gasteiger partial charge in [-0.05, 0) is 24.8 Å². The lowest BCUT2D eigenvalue weighted by Gasteiger charge is -2.49. The van der Waals surface area contributed by atoms with Crippen molar-refractivity contribution < 1.29 is 4.24 Å². The molecule has 94 valence electrons. The van der Waals surface area contributed by atoms with E-state index >= 15 is 0 Å². The van der Waals surface area contributed by atoms with Crippen LogP contribution in [0.15, 0.2) is 42.7 Å². The summed E-state index contributed by atoms with van der Waals surface area (Å²) in [6.45, 7) is 8.54. The van der Waals surface area contributed by atoms with Crippen molar-refractivity contribution in [2.45, 2.75) is 19.4 Å². The van der Waals surface area contributed by atoms with Crippen molar-refractivity contribution in [2.75, 3.05) is 0 Å². The maximum absolute atomic E-state index is 4.51. The summed E-state index contributed by atoms with van der Waals surface area (Å²) in [5, 5.41) is 5.78. The Hall–Kier alpha value is -2.29. The van der Waals surface area contributed by atoms with E-state index in [0.717, 1.165) is 11.0 Å². The molecule has 0 aliphatic carbocycles. The van der Waals surface area contributed by atoms with Crippen molar-refractivity contribution in [2.24, 2.45) is 0 Å². The molecule has 0 amide bonds. The Kier molecular flexibility index (Phi) is 1.78. The first-order valence-electron chi connectivity index (χ1n) is 6.44. The molecule has 19 heavy (non-hydrogen) atoms. The zero-order chi connectivity index (χ0) is 13.2. The number of pyridine rings is 1. The number of hydrogen-bond acceptors (Lipinski definition) is 1. The van der Waals surface area contributed by atoms with Gasteiger partial charge in [-0.15, -0.1) is 0 Å². The molecule has 2 aromatic rings. The molecule has 2 aliphatic heterocycles. The Morgan fingerprint density at radius 2 is 2.11 bits per heavy atom. The van der Waals surface area contributed by atoms with Gasteiger partial charge in [-0.3, -0.25) is 0 Å². The van der Waals surface area contributed by atoms with Crippen molar-refractivity contribution in [3.63, 3.8) is 0 Å². The molecule has 4 rings (SSSR count). The molecular formula is C16H15N3. The van der Waals surface area contributed by atoms with E-state index in [4.69, 9.17) is 0 Å². The third-order valence-corrected chi connectivity index (χ3v) is 4.13. The van der Waals surface area contributed by atoms with E-state index in [9.17, 15) is 0 Å². The van der Waals surface area contributed by atoms with Gasteiger partial charge in [0.15, 0.2) is 6.20 Å². The summed E-state index contributed by atoms with van der Waals surface area (Å²) < 4.78 is 1.94. The molecule has 0 atom stereocenters. The first-order valence-corrected chi connectivity index (χ1v) is 6.44. The van der Waals surface area contributed by atoms with Crippen molar-refractivity contribution in [1.82, 2.24) is 5.01 Å². The molecule has 0 spiro atoms. The maximum Gasteiger partial charge on any atom is 0.240 e. The number of benzene rings is 1. The highest BCUT2D eigenvalue weighted by Gasteiger charge is 2.34. The molecule has 0 bridgehead atoms. The van der Waals surface area contributed by atoms with Gasteiger partial charge in [0.1, 0.15) is 6.72 Å². The first kappa shape index (κ1) is 10.6. The van der Waals surface area contributed by atoms with Crippen LogP contribution < -0.4 is 9.59 Å². The molecule has 3 heteroatoms. The normalized spacial score (nSPS) is 18.6. The monoisotopic (exact) mass is 249 g/mol. The predicted molar refractivity (Wildman–Crippen MR) is 75.3 cm³/mol. The van der Waals surface area contributed by atoms with E-state index < -0.39 is 0 Å². The number of rotatable bonds is 0. The van der Waals surface area contributed by atoms with Gasteiger partial charge in [0.05, 0.1) is 11.1 Å². The SMILES string of the molecule is C=[n+]1ccc2cccc3c2c1=C1C=C[N-]N1C3(C)C. The highest BCUT2D eigenvalue weighted by atomic mass is 15.6. The Balaban J connectivity index is 2.37. The molecule has 2 aliphatic rings. The number of hydrogen-bond donors (Lipinski definition) is 0. The van der Waals surface area contributed by atoms with E-state index in [2.05, 4.69) is 61.3 Å². The van der Waals surface area contributed by atoms with Gasteiger partial charge in [-0.2, -0.15) is 10.4 Å². The standard InChI is InChI=1S/C16H15N3/c1-16(2)12-6-4-5-11-8-10-18(3)15(14(11)12)13-7-9-17-19(13)16/h4-10H,3H2,1-2H3. The van der Waals surface area contributed by atoms with E-state index in [1.807, 2.05) is 16.6 Å². The van der Waals surface area contributed by atoms with Gasteiger partial charge in [-0.1, -0.05) is 24.3 Å². The molecule has 0 saturated carbocycles. The average Bonchev–Trinajstić information content (AvgIpc) is 2.87. The van der Waals surface area contributed by atoms with Gasteiger partial charge in [0.25, 0.3) is 0 Å².